The zero-order valence-electron chi connectivity index (χ0n) is 12.0. The molecule has 0 aliphatic carbocycles. The van der Waals surface area contributed by atoms with Gasteiger partial charge in [-0.2, -0.15) is 0 Å². The molecule has 2 aromatic rings. The van der Waals surface area contributed by atoms with Crippen molar-refractivity contribution in [1.29, 1.82) is 0 Å². The number of benzene rings is 1. The first kappa shape index (κ1) is 15.8. The van der Waals surface area contributed by atoms with E-state index in [2.05, 4.69) is 10.6 Å². The lowest BCUT2D eigenvalue weighted by Gasteiger charge is -2.25. The lowest BCUT2D eigenvalue weighted by Crippen LogP contribution is -2.36. The van der Waals surface area contributed by atoms with Crippen LogP contribution in [0.1, 0.15) is 11.6 Å². The fourth-order valence-corrected chi connectivity index (χ4v) is 2.89. The molecule has 21 heavy (non-hydrogen) atoms. The molecule has 1 aromatic carbocycles. The maximum absolute atomic E-state index is 11.9. The van der Waals surface area contributed by atoms with E-state index in [4.69, 9.17) is 11.6 Å². The number of halogens is 1. The number of rotatable bonds is 5. The Kier molecular flexibility index (Phi) is 5.61. The van der Waals surface area contributed by atoms with Gasteiger partial charge in [0.15, 0.2) is 0 Å². The Labute approximate surface area is 133 Å². The molecule has 4 nitrogen and oxygen atoms in total. The highest BCUT2D eigenvalue weighted by atomic mass is 35.5. The van der Waals surface area contributed by atoms with E-state index in [1.807, 2.05) is 60.8 Å². The number of carbonyl (C=O) groups excluding carboxylic acids is 1. The van der Waals surface area contributed by atoms with Crippen LogP contribution in [0.25, 0.3) is 0 Å². The molecular formula is C15H18ClN3OS. The highest BCUT2D eigenvalue weighted by Gasteiger charge is 2.17. The van der Waals surface area contributed by atoms with Gasteiger partial charge in [-0.1, -0.05) is 29.8 Å². The third-order valence-corrected chi connectivity index (χ3v) is 4.23. The minimum Gasteiger partial charge on any atom is -0.336 e. The number of hydrogen-bond donors (Lipinski definition) is 2. The zero-order chi connectivity index (χ0) is 15.2. The minimum atomic E-state index is -0.212. The van der Waals surface area contributed by atoms with Crippen molar-refractivity contribution in [2.45, 2.75) is 6.04 Å². The first-order valence-electron chi connectivity index (χ1n) is 6.57. The first-order valence-corrected chi connectivity index (χ1v) is 7.83. The molecule has 2 N–H and O–H groups in total. The van der Waals surface area contributed by atoms with Crippen LogP contribution >= 0.6 is 22.9 Å². The Bertz CT molecular complexity index is 586. The number of hydrogen-bond acceptors (Lipinski definition) is 3. The molecular weight excluding hydrogens is 306 g/mol. The lowest BCUT2D eigenvalue weighted by molar-refractivity contribution is 0.243. The summed E-state index contributed by atoms with van der Waals surface area (Å²) in [5.41, 5.74) is 1.00. The second-order valence-electron chi connectivity index (χ2n) is 4.81. The van der Waals surface area contributed by atoms with Crippen LogP contribution < -0.4 is 10.6 Å². The quantitative estimate of drug-likeness (QED) is 0.878. The van der Waals surface area contributed by atoms with Gasteiger partial charge in [-0.15, -0.1) is 11.3 Å². The van der Waals surface area contributed by atoms with Crippen molar-refractivity contribution in [1.82, 2.24) is 10.2 Å². The van der Waals surface area contributed by atoms with Crippen LogP contribution in [0.4, 0.5) is 9.80 Å². The van der Waals surface area contributed by atoms with E-state index in [-0.39, 0.29) is 12.1 Å². The van der Waals surface area contributed by atoms with Crippen LogP contribution in [-0.4, -0.2) is 31.6 Å². The molecule has 0 aliphatic rings. The topological polar surface area (TPSA) is 44.4 Å². The monoisotopic (exact) mass is 323 g/mol. The Morgan fingerprint density at radius 3 is 2.67 bits per heavy atom. The molecule has 2 amide bonds. The van der Waals surface area contributed by atoms with Crippen molar-refractivity contribution in [3.8, 4) is 0 Å². The zero-order valence-corrected chi connectivity index (χ0v) is 13.5. The van der Waals surface area contributed by atoms with Crippen molar-refractivity contribution in [3.05, 3.63) is 52.4 Å². The van der Waals surface area contributed by atoms with Crippen LogP contribution in [0, 0.1) is 0 Å². The molecule has 0 bridgehead atoms. The fraction of sp³-hybridized carbons (Fsp3) is 0.267. The van der Waals surface area contributed by atoms with Gasteiger partial charge in [0.05, 0.1) is 11.0 Å². The second kappa shape index (κ2) is 7.45. The molecule has 0 saturated heterocycles. The maximum Gasteiger partial charge on any atom is 0.319 e. The van der Waals surface area contributed by atoms with Crippen molar-refractivity contribution in [2.75, 3.05) is 26.0 Å². The lowest BCUT2D eigenvalue weighted by atomic mass is 10.1. The molecule has 1 atom stereocenters. The number of nitrogens with zero attached hydrogens (tertiary/aromatic N) is 1. The van der Waals surface area contributed by atoms with E-state index < -0.39 is 0 Å². The van der Waals surface area contributed by atoms with E-state index in [0.717, 1.165) is 10.6 Å². The summed E-state index contributed by atoms with van der Waals surface area (Å²) in [6, 6.07) is 11.3. The van der Waals surface area contributed by atoms with Crippen molar-refractivity contribution >= 4 is 34.0 Å². The maximum atomic E-state index is 11.9. The van der Waals surface area contributed by atoms with E-state index in [9.17, 15) is 4.79 Å². The third-order valence-electron chi connectivity index (χ3n) is 3.10. The van der Waals surface area contributed by atoms with Crippen LogP contribution in [0.2, 0.25) is 5.02 Å². The molecule has 0 fully saturated rings. The van der Waals surface area contributed by atoms with E-state index in [0.29, 0.717) is 11.6 Å². The summed E-state index contributed by atoms with van der Waals surface area (Å²) < 4.78 is 0. The number of amides is 2. The number of carbonyl (C=O) groups is 1. The molecule has 0 aliphatic heterocycles. The standard InChI is InChI=1S/C15H18ClN3OS/c1-19(2)13(11-6-3-4-7-12(11)16)10-17-15(20)18-14-8-5-9-21-14/h3-9,13H,10H2,1-2H3,(H2,17,18,20)/t13-/m0/s1. The number of nitrogens with one attached hydrogen (secondary N) is 2. The molecule has 1 heterocycles. The van der Waals surface area contributed by atoms with E-state index in [1.54, 1.807) is 0 Å². The minimum absolute atomic E-state index is 0.0211. The Morgan fingerprint density at radius 1 is 1.29 bits per heavy atom. The number of likely N-dealkylation sites (N-methyl/N-ethyl adjacent to an activating group) is 1. The van der Waals surface area contributed by atoms with Crippen LogP contribution in [0.15, 0.2) is 41.8 Å². The van der Waals surface area contributed by atoms with Gasteiger partial charge in [0, 0.05) is 11.6 Å². The molecule has 1 aromatic heterocycles. The van der Waals surface area contributed by atoms with E-state index in [1.165, 1.54) is 11.3 Å². The van der Waals surface area contributed by atoms with Crippen LogP contribution in [0.3, 0.4) is 0 Å². The summed E-state index contributed by atoms with van der Waals surface area (Å²) in [4.78, 5) is 13.9. The fourth-order valence-electron chi connectivity index (χ4n) is 2.01. The molecule has 0 spiro atoms. The third kappa shape index (κ3) is 4.46. The van der Waals surface area contributed by atoms with Gasteiger partial charge in [0.1, 0.15) is 0 Å². The van der Waals surface area contributed by atoms with E-state index >= 15 is 0 Å². The molecule has 0 unspecified atom stereocenters. The summed E-state index contributed by atoms with van der Waals surface area (Å²) in [5, 5.41) is 9.13. The number of urea groups is 1. The average molecular weight is 324 g/mol. The van der Waals surface area contributed by atoms with Gasteiger partial charge in [0.25, 0.3) is 0 Å². The molecule has 2 rings (SSSR count). The highest BCUT2D eigenvalue weighted by Crippen LogP contribution is 2.25. The van der Waals surface area contributed by atoms with Crippen LogP contribution in [0.5, 0.6) is 0 Å². The smallest absolute Gasteiger partial charge is 0.319 e. The van der Waals surface area contributed by atoms with Crippen molar-refractivity contribution in [2.24, 2.45) is 0 Å². The summed E-state index contributed by atoms with van der Waals surface area (Å²) in [5.74, 6) is 0. The predicted octanol–water partition coefficient (Wildman–Crippen LogP) is 3.83. The number of anilines is 1. The highest BCUT2D eigenvalue weighted by molar-refractivity contribution is 7.14. The number of thiophene rings is 1. The van der Waals surface area contributed by atoms with Gasteiger partial charge in [-0.05, 0) is 43.2 Å². The van der Waals surface area contributed by atoms with Crippen LogP contribution in [-0.2, 0) is 0 Å². The Hall–Kier alpha value is -1.56. The summed E-state index contributed by atoms with van der Waals surface area (Å²) in [6.07, 6.45) is 0. The van der Waals surface area contributed by atoms with Crippen molar-refractivity contribution < 1.29 is 4.79 Å². The Balaban J connectivity index is 1.98. The summed E-state index contributed by atoms with van der Waals surface area (Å²) >= 11 is 7.73. The van der Waals surface area contributed by atoms with Gasteiger partial charge >= 0.3 is 6.03 Å². The summed E-state index contributed by atoms with van der Waals surface area (Å²) in [7, 11) is 3.93. The van der Waals surface area contributed by atoms with Gasteiger partial charge in [0.2, 0.25) is 0 Å². The second-order valence-corrected chi connectivity index (χ2v) is 6.17. The molecule has 6 heteroatoms. The molecule has 0 saturated carbocycles. The summed E-state index contributed by atoms with van der Waals surface area (Å²) in [6.45, 7) is 0.480. The van der Waals surface area contributed by atoms with Gasteiger partial charge < -0.3 is 10.2 Å². The predicted molar refractivity (Wildman–Crippen MR) is 89.2 cm³/mol. The first-order chi connectivity index (χ1) is 10.1. The molecule has 0 radical (unpaired) electrons. The molecule has 112 valence electrons. The van der Waals surface area contributed by atoms with Gasteiger partial charge in [-0.25, -0.2) is 4.79 Å². The SMILES string of the molecule is CN(C)[C@@H](CNC(=O)Nc1cccs1)c1ccccc1Cl. The normalized spacial score (nSPS) is 12.2. The largest absolute Gasteiger partial charge is 0.336 e. The average Bonchev–Trinajstić information content (AvgIpc) is 2.93. The Morgan fingerprint density at radius 2 is 2.05 bits per heavy atom. The van der Waals surface area contributed by atoms with Crippen molar-refractivity contribution in [3.63, 3.8) is 0 Å². The van der Waals surface area contributed by atoms with Gasteiger partial charge in [-0.3, -0.25) is 5.32 Å².